The fourth-order valence-electron chi connectivity index (χ4n) is 1.59. The first-order valence-electron chi connectivity index (χ1n) is 5.18. The molecule has 0 unspecified atom stereocenters. The molecule has 6 nitrogen and oxygen atoms in total. The van der Waals surface area contributed by atoms with Crippen molar-refractivity contribution in [3.63, 3.8) is 0 Å². The summed E-state index contributed by atoms with van der Waals surface area (Å²) in [5, 5.41) is 15.3. The Morgan fingerprint density at radius 1 is 1.62 bits per heavy atom. The van der Waals surface area contributed by atoms with Crippen molar-refractivity contribution in [3.05, 3.63) is 12.4 Å². The van der Waals surface area contributed by atoms with Gasteiger partial charge >= 0.3 is 5.97 Å². The number of nitrogens with zero attached hydrogens (tertiary/aromatic N) is 2. The lowest BCUT2D eigenvalue weighted by Crippen LogP contribution is -2.16. The highest BCUT2D eigenvalue weighted by atomic mass is 16.4. The molecule has 86 valence electrons. The summed E-state index contributed by atoms with van der Waals surface area (Å²) in [6.07, 6.45) is 3.71. The number of nitrogens with one attached hydrogen (secondary N) is 1. The summed E-state index contributed by atoms with van der Waals surface area (Å²) in [6.45, 7) is 2.68. The molecule has 2 rings (SSSR count). The first-order valence-corrected chi connectivity index (χ1v) is 5.18. The molecule has 1 aromatic rings. The maximum Gasteiger partial charge on any atom is 0.307 e. The summed E-state index contributed by atoms with van der Waals surface area (Å²) in [5.41, 5.74) is 0.614. The molecule has 1 aliphatic rings. The summed E-state index contributed by atoms with van der Waals surface area (Å²) in [5.74, 6) is -2.03. The molecular formula is C10H13N3O3. The fraction of sp³-hybridized carbons (Fsp3) is 0.500. The maximum atomic E-state index is 11.6. The fourth-order valence-corrected chi connectivity index (χ4v) is 1.59. The van der Waals surface area contributed by atoms with E-state index < -0.39 is 11.9 Å². The quantitative estimate of drug-likeness (QED) is 0.781. The Morgan fingerprint density at radius 3 is 2.88 bits per heavy atom. The third-order valence-corrected chi connectivity index (χ3v) is 2.67. The summed E-state index contributed by atoms with van der Waals surface area (Å²) in [7, 11) is 0. The van der Waals surface area contributed by atoms with E-state index in [1.807, 2.05) is 6.92 Å². The molecule has 0 saturated heterocycles. The Labute approximate surface area is 92.3 Å². The number of hydrogen-bond donors (Lipinski definition) is 2. The van der Waals surface area contributed by atoms with Gasteiger partial charge in [0, 0.05) is 12.7 Å². The molecule has 6 heteroatoms. The number of carboxylic acids is 1. The van der Waals surface area contributed by atoms with Gasteiger partial charge in [0.05, 0.1) is 23.7 Å². The highest BCUT2D eigenvalue weighted by Crippen LogP contribution is 2.39. The molecule has 1 aromatic heterocycles. The largest absolute Gasteiger partial charge is 0.481 e. The molecule has 0 bridgehead atoms. The van der Waals surface area contributed by atoms with Crippen LogP contribution in [0, 0.1) is 11.8 Å². The highest BCUT2D eigenvalue weighted by molar-refractivity contribution is 5.98. The van der Waals surface area contributed by atoms with Gasteiger partial charge in [-0.1, -0.05) is 0 Å². The van der Waals surface area contributed by atoms with Gasteiger partial charge in [0.25, 0.3) is 0 Å². The van der Waals surface area contributed by atoms with Gasteiger partial charge in [-0.3, -0.25) is 14.3 Å². The van der Waals surface area contributed by atoms with Gasteiger partial charge < -0.3 is 10.4 Å². The molecule has 0 aromatic carbocycles. The van der Waals surface area contributed by atoms with Crippen LogP contribution >= 0.6 is 0 Å². The normalized spacial score (nSPS) is 22.8. The number of carboxylic acid groups (broad SMARTS) is 1. The standard InChI is InChI=1S/C10H13N3O3/c1-2-13-5-6(4-11-13)12-9(14)7-3-8(7)10(15)16/h4-5,7-8H,2-3H2,1H3,(H,12,14)(H,15,16)/t7-,8+/m1/s1. The third-order valence-electron chi connectivity index (χ3n) is 2.67. The first-order chi connectivity index (χ1) is 7.61. The van der Waals surface area contributed by atoms with Crippen molar-refractivity contribution in [2.24, 2.45) is 11.8 Å². The van der Waals surface area contributed by atoms with Gasteiger partial charge in [-0.05, 0) is 13.3 Å². The molecule has 0 spiro atoms. The van der Waals surface area contributed by atoms with Crippen molar-refractivity contribution in [2.75, 3.05) is 5.32 Å². The predicted molar refractivity (Wildman–Crippen MR) is 55.8 cm³/mol. The van der Waals surface area contributed by atoms with E-state index >= 15 is 0 Å². The van der Waals surface area contributed by atoms with Gasteiger partial charge in [-0.2, -0.15) is 5.10 Å². The van der Waals surface area contributed by atoms with Crippen molar-refractivity contribution in [1.82, 2.24) is 9.78 Å². The van der Waals surface area contributed by atoms with Crippen LogP contribution in [0.5, 0.6) is 0 Å². The van der Waals surface area contributed by atoms with E-state index in [-0.39, 0.29) is 11.8 Å². The van der Waals surface area contributed by atoms with Crippen molar-refractivity contribution in [3.8, 4) is 0 Å². The Morgan fingerprint density at radius 2 is 2.38 bits per heavy atom. The Balaban J connectivity index is 1.91. The van der Waals surface area contributed by atoms with Gasteiger partial charge in [0.2, 0.25) is 5.91 Å². The van der Waals surface area contributed by atoms with Crippen molar-refractivity contribution < 1.29 is 14.7 Å². The number of carbonyl (C=O) groups excluding carboxylic acids is 1. The minimum absolute atomic E-state index is 0.233. The minimum atomic E-state index is -0.899. The molecule has 0 aliphatic heterocycles. The number of rotatable bonds is 4. The van der Waals surface area contributed by atoms with Crippen LogP contribution in [0.2, 0.25) is 0 Å². The summed E-state index contributed by atoms with van der Waals surface area (Å²) in [6, 6.07) is 0. The van der Waals surface area contributed by atoms with E-state index in [0.717, 1.165) is 6.54 Å². The number of amides is 1. The second-order valence-electron chi connectivity index (χ2n) is 3.86. The SMILES string of the molecule is CCn1cc(NC(=O)[C@@H]2C[C@@H]2C(=O)O)cn1. The maximum absolute atomic E-state index is 11.6. The lowest BCUT2D eigenvalue weighted by molar-refractivity contribution is -0.139. The van der Waals surface area contributed by atoms with Crippen molar-refractivity contribution in [2.45, 2.75) is 19.9 Å². The van der Waals surface area contributed by atoms with E-state index in [2.05, 4.69) is 10.4 Å². The number of hydrogen-bond acceptors (Lipinski definition) is 3. The summed E-state index contributed by atoms with van der Waals surface area (Å²) >= 11 is 0. The van der Waals surface area contributed by atoms with Crippen LogP contribution in [-0.4, -0.2) is 26.8 Å². The van der Waals surface area contributed by atoms with Crippen LogP contribution in [0.4, 0.5) is 5.69 Å². The molecule has 1 heterocycles. The topological polar surface area (TPSA) is 84.2 Å². The minimum Gasteiger partial charge on any atom is -0.481 e. The molecule has 1 aliphatic carbocycles. The van der Waals surface area contributed by atoms with Gasteiger partial charge in [-0.15, -0.1) is 0 Å². The van der Waals surface area contributed by atoms with Gasteiger partial charge in [0.15, 0.2) is 0 Å². The smallest absolute Gasteiger partial charge is 0.307 e. The third kappa shape index (κ3) is 2.05. The Kier molecular flexibility index (Phi) is 2.64. The van der Waals surface area contributed by atoms with E-state index in [0.29, 0.717) is 12.1 Å². The molecule has 1 saturated carbocycles. The van der Waals surface area contributed by atoms with Crippen LogP contribution in [0.1, 0.15) is 13.3 Å². The molecule has 2 N–H and O–H groups in total. The van der Waals surface area contributed by atoms with Crippen LogP contribution in [-0.2, 0) is 16.1 Å². The van der Waals surface area contributed by atoms with E-state index in [1.165, 1.54) is 0 Å². The summed E-state index contributed by atoms with van der Waals surface area (Å²) < 4.78 is 1.69. The summed E-state index contributed by atoms with van der Waals surface area (Å²) in [4.78, 5) is 22.2. The van der Waals surface area contributed by atoms with Crippen molar-refractivity contribution in [1.29, 1.82) is 0 Å². The predicted octanol–water partition coefficient (Wildman–Crippen LogP) is 0.562. The van der Waals surface area contributed by atoms with Crippen LogP contribution in [0.3, 0.4) is 0 Å². The molecule has 16 heavy (non-hydrogen) atoms. The van der Waals surface area contributed by atoms with Crippen molar-refractivity contribution >= 4 is 17.6 Å². The zero-order chi connectivity index (χ0) is 11.7. The Hall–Kier alpha value is -1.85. The molecule has 1 amide bonds. The number of aromatic nitrogens is 2. The monoisotopic (exact) mass is 223 g/mol. The average molecular weight is 223 g/mol. The molecule has 2 atom stereocenters. The van der Waals surface area contributed by atoms with E-state index in [4.69, 9.17) is 5.11 Å². The van der Waals surface area contributed by atoms with Crippen LogP contribution in [0.15, 0.2) is 12.4 Å². The van der Waals surface area contributed by atoms with Crippen LogP contribution in [0.25, 0.3) is 0 Å². The van der Waals surface area contributed by atoms with Gasteiger partial charge in [0.1, 0.15) is 0 Å². The van der Waals surface area contributed by atoms with E-state index in [1.54, 1.807) is 17.1 Å². The average Bonchev–Trinajstić information content (AvgIpc) is 2.94. The number of carbonyl (C=O) groups is 2. The lowest BCUT2D eigenvalue weighted by atomic mass is 10.3. The second kappa shape index (κ2) is 3.96. The molecule has 0 radical (unpaired) electrons. The number of aliphatic carboxylic acids is 1. The van der Waals surface area contributed by atoms with E-state index in [9.17, 15) is 9.59 Å². The Bertz CT molecular complexity index is 427. The highest BCUT2D eigenvalue weighted by Gasteiger charge is 2.48. The number of anilines is 1. The lowest BCUT2D eigenvalue weighted by Gasteiger charge is -1.99. The van der Waals surface area contributed by atoms with Gasteiger partial charge in [-0.25, -0.2) is 0 Å². The molecular weight excluding hydrogens is 210 g/mol. The zero-order valence-corrected chi connectivity index (χ0v) is 8.88. The number of aryl methyl sites for hydroxylation is 1. The van der Waals surface area contributed by atoms with Crippen LogP contribution < -0.4 is 5.32 Å². The molecule has 1 fully saturated rings. The first kappa shape index (κ1) is 10.7. The zero-order valence-electron chi connectivity index (χ0n) is 8.88. The second-order valence-corrected chi connectivity index (χ2v) is 3.86.